The Morgan fingerprint density at radius 3 is 2.67 bits per heavy atom. The summed E-state index contributed by atoms with van der Waals surface area (Å²) < 4.78 is 36.6. The summed E-state index contributed by atoms with van der Waals surface area (Å²) in [5.74, 6) is -0.665. The zero-order chi connectivity index (χ0) is 15.3. The van der Waals surface area contributed by atoms with Crippen LogP contribution in [-0.4, -0.2) is 32.9 Å². The molecule has 1 heterocycles. The standard InChI is InChI=1S/C15H18FNO3S/c1-21(19,20)9-6-13(18)17-10-15(7-3-8-15)14-11(16)4-2-5-12(14)17/h2,4-5H,3,6-10H2,1H3. The number of carbonyl (C=O) groups excluding carboxylic acids is 1. The molecule has 2 aliphatic rings. The quantitative estimate of drug-likeness (QED) is 0.858. The van der Waals surface area contributed by atoms with E-state index in [1.54, 1.807) is 17.0 Å². The lowest BCUT2D eigenvalue weighted by atomic mass is 9.65. The van der Waals surface area contributed by atoms with E-state index >= 15 is 0 Å². The lowest BCUT2D eigenvalue weighted by Gasteiger charge is -2.39. The second-order valence-corrected chi connectivity index (χ2v) is 8.39. The highest BCUT2D eigenvalue weighted by Gasteiger charge is 2.49. The van der Waals surface area contributed by atoms with Crippen LogP contribution in [-0.2, 0) is 20.0 Å². The van der Waals surface area contributed by atoms with E-state index in [1.165, 1.54) is 6.07 Å². The number of amides is 1. The van der Waals surface area contributed by atoms with Crippen LogP contribution in [0.25, 0.3) is 0 Å². The lowest BCUT2D eigenvalue weighted by Crippen LogP contribution is -2.42. The molecule has 1 aliphatic heterocycles. The Balaban J connectivity index is 1.89. The Bertz CT molecular complexity index is 695. The van der Waals surface area contributed by atoms with E-state index in [4.69, 9.17) is 0 Å². The van der Waals surface area contributed by atoms with Gasteiger partial charge in [0.1, 0.15) is 15.7 Å². The Morgan fingerprint density at radius 2 is 2.10 bits per heavy atom. The molecule has 1 amide bonds. The average molecular weight is 311 g/mol. The molecule has 0 aromatic heterocycles. The summed E-state index contributed by atoms with van der Waals surface area (Å²) in [6, 6.07) is 4.79. The molecule has 0 unspecified atom stereocenters. The molecule has 1 spiro atoms. The molecule has 0 bridgehead atoms. The number of anilines is 1. The molecule has 21 heavy (non-hydrogen) atoms. The fourth-order valence-corrected chi connectivity index (χ4v) is 3.92. The second kappa shape index (κ2) is 4.80. The zero-order valence-corrected chi connectivity index (χ0v) is 12.7. The first-order valence-electron chi connectivity index (χ1n) is 7.10. The van der Waals surface area contributed by atoms with Gasteiger partial charge in [-0.15, -0.1) is 0 Å². The molecule has 1 aromatic rings. The van der Waals surface area contributed by atoms with Gasteiger partial charge in [-0.1, -0.05) is 12.5 Å². The Labute approximate surface area is 123 Å². The molecular weight excluding hydrogens is 293 g/mol. The van der Waals surface area contributed by atoms with Gasteiger partial charge >= 0.3 is 0 Å². The third-order valence-electron chi connectivity index (χ3n) is 4.57. The van der Waals surface area contributed by atoms with Crippen LogP contribution in [0.15, 0.2) is 18.2 Å². The fraction of sp³-hybridized carbons (Fsp3) is 0.533. The molecule has 6 heteroatoms. The van der Waals surface area contributed by atoms with Crippen molar-refractivity contribution in [3.63, 3.8) is 0 Å². The predicted octanol–water partition coefficient (Wildman–Crippen LogP) is 2.03. The van der Waals surface area contributed by atoms with Crippen LogP contribution in [0.5, 0.6) is 0 Å². The van der Waals surface area contributed by atoms with E-state index in [0.29, 0.717) is 17.8 Å². The SMILES string of the molecule is CS(=O)(=O)CCC(=O)N1CC2(CCC2)c2c(F)cccc21. The van der Waals surface area contributed by atoms with Gasteiger partial charge in [0.25, 0.3) is 0 Å². The molecule has 1 aromatic carbocycles. The van der Waals surface area contributed by atoms with Crippen molar-refractivity contribution in [2.45, 2.75) is 31.1 Å². The van der Waals surface area contributed by atoms with E-state index < -0.39 is 9.84 Å². The van der Waals surface area contributed by atoms with Crippen LogP contribution in [0, 0.1) is 5.82 Å². The molecule has 0 atom stereocenters. The lowest BCUT2D eigenvalue weighted by molar-refractivity contribution is -0.118. The highest BCUT2D eigenvalue weighted by molar-refractivity contribution is 7.90. The summed E-state index contributed by atoms with van der Waals surface area (Å²) in [4.78, 5) is 13.9. The van der Waals surface area contributed by atoms with Crippen LogP contribution in [0.2, 0.25) is 0 Å². The number of rotatable bonds is 3. The maximum absolute atomic E-state index is 14.2. The Hall–Kier alpha value is -1.43. The van der Waals surface area contributed by atoms with E-state index in [9.17, 15) is 17.6 Å². The molecule has 1 aliphatic carbocycles. The van der Waals surface area contributed by atoms with Gasteiger partial charge in [0, 0.05) is 30.2 Å². The molecule has 1 fully saturated rings. The first-order valence-corrected chi connectivity index (χ1v) is 9.16. The van der Waals surface area contributed by atoms with Gasteiger partial charge in [0.2, 0.25) is 5.91 Å². The number of fused-ring (bicyclic) bond motifs is 2. The monoisotopic (exact) mass is 311 g/mol. The molecule has 0 saturated heterocycles. The summed E-state index contributed by atoms with van der Waals surface area (Å²) >= 11 is 0. The van der Waals surface area contributed by atoms with E-state index in [0.717, 1.165) is 25.5 Å². The van der Waals surface area contributed by atoms with Gasteiger partial charge in [-0.2, -0.15) is 0 Å². The van der Waals surface area contributed by atoms with Gasteiger partial charge in [-0.05, 0) is 25.0 Å². The van der Waals surface area contributed by atoms with Crippen LogP contribution in [0.3, 0.4) is 0 Å². The minimum absolute atomic E-state index is 0.0507. The summed E-state index contributed by atoms with van der Waals surface area (Å²) in [5, 5.41) is 0. The molecule has 3 rings (SSSR count). The van der Waals surface area contributed by atoms with Gasteiger partial charge in [0.05, 0.1) is 11.4 Å². The van der Waals surface area contributed by atoms with Gasteiger partial charge in [-0.3, -0.25) is 4.79 Å². The van der Waals surface area contributed by atoms with Crippen molar-refractivity contribution in [1.82, 2.24) is 0 Å². The number of nitrogens with zero attached hydrogens (tertiary/aromatic N) is 1. The average Bonchev–Trinajstić information content (AvgIpc) is 2.72. The van der Waals surface area contributed by atoms with Crippen molar-refractivity contribution in [2.24, 2.45) is 0 Å². The number of sulfone groups is 1. The fourth-order valence-electron chi connectivity index (χ4n) is 3.37. The smallest absolute Gasteiger partial charge is 0.228 e. The van der Waals surface area contributed by atoms with Crippen LogP contribution < -0.4 is 4.90 Å². The normalized spacial score (nSPS) is 19.4. The molecule has 0 N–H and O–H groups in total. The highest BCUT2D eigenvalue weighted by atomic mass is 32.2. The first-order chi connectivity index (χ1) is 9.82. The molecule has 114 valence electrons. The van der Waals surface area contributed by atoms with E-state index in [1.807, 2.05) is 0 Å². The van der Waals surface area contributed by atoms with Gasteiger partial charge in [-0.25, -0.2) is 12.8 Å². The maximum Gasteiger partial charge on any atom is 0.228 e. The van der Waals surface area contributed by atoms with E-state index in [2.05, 4.69) is 0 Å². The number of hydrogen-bond donors (Lipinski definition) is 0. The summed E-state index contributed by atoms with van der Waals surface area (Å²) in [6.07, 6.45) is 3.88. The minimum atomic E-state index is -3.18. The topological polar surface area (TPSA) is 54.5 Å². The molecule has 4 nitrogen and oxygen atoms in total. The number of benzene rings is 1. The first kappa shape index (κ1) is 14.5. The molecule has 1 saturated carbocycles. The largest absolute Gasteiger partial charge is 0.311 e. The predicted molar refractivity (Wildman–Crippen MR) is 78.6 cm³/mol. The third-order valence-corrected chi connectivity index (χ3v) is 5.52. The van der Waals surface area contributed by atoms with Crippen molar-refractivity contribution < 1.29 is 17.6 Å². The van der Waals surface area contributed by atoms with Crippen molar-refractivity contribution in [3.8, 4) is 0 Å². The van der Waals surface area contributed by atoms with Gasteiger partial charge in [0.15, 0.2) is 0 Å². The van der Waals surface area contributed by atoms with Crippen molar-refractivity contribution in [3.05, 3.63) is 29.6 Å². The third kappa shape index (κ3) is 2.46. The minimum Gasteiger partial charge on any atom is -0.311 e. The zero-order valence-electron chi connectivity index (χ0n) is 11.9. The second-order valence-electron chi connectivity index (χ2n) is 6.13. The number of halogens is 1. The van der Waals surface area contributed by atoms with Crippen LogP contribution in [0.1, 0.15) is 31.2 Å². The number of hydrogen-bond acceptors (Lipinski definition) is 3. The Kier molecular flexibility index (Phi) is 3.31. The van der Waals surface area contributed by atoms with Crippen molar-refractivity contribution in [2.75, 3.05) is 23.5 Å². The molecular formula is C15H18FNO3S. The summed E-state index contributed by atoms with van der Waals surface area (Å²) in [6.45, 7) is 0.478. The number of carbonyl (C=O) groups is 1. The maximum atomic E-state index is 14.2. The summed E-state index contributed by atoms with van der Waals surface area (Å²) in [7, 11) is -3.18. The summed E-state index contributed by atoms with van der Waals surface area (Å²) in [5.41, 5.74) is 1.01. The Morgan fingerprint density at radius 1 is 1.38 bits per heavy atom. The van der Waals surface area contributed by atoms with Gasteiger partial charge < -0.3 is 4.90 Å². The van der Waals surface area contributed by atoms with Crippen LogP contribution >= 0.6 is 0 Å². The van der Waals surface area contributed by atoms with Crippen LogP contribution in [0.4, 0.5) is 10.1 Å². The van der Waals surface area contributed by atoms with E-state index in [-0.39, 0.29) is 29.3 Å². The molecule has 0 radical (unpaired) electrons. The highest BCUT2D eigenvalue weighted by Crippen LogP contribution is 2.53. The van der Waals surface area contributed by atoms with Crippen molar-refractivity contribution in [1.29, 1.82) is 0 Å². The van der Waals surface area contributed by atoms with Crippen molar-refractivity contribution >= 4 is 21.4 Å².